The molecule has 0 radical (unpaired) electrons. The maximum Gasteiger partial charge on any atom is 0.260 e. The third-order valence-electron chi connectivity index (χ3n) is 5.28. The molecule has 0 aliphatic carbocycles. The van der Waals surface area contributed by atoms with E-state index in [1.807, 2.05) is 48.5 Å². The van der Waals surface area contributed by atoms with Crippen LogP contribution in [0.4, 0.5) is 0 Å². The Balaban J connectivity index is 1.76. The summed E-state index contributed by atoms with van der Waals surface area (Å²) in [6.07, 6.45) is 0.853. The number of nitrogens with zero attached hydrogens (tertiary/aromatic N) is 1. The van der Waals surface area contributed by atoms with Crippen molar-refractivity contribution in [3.05, 3.63) is 86.5 Å². The molecule has 6 nitrogen and oxygen atoms in total. The standard InChI is InChI=1S/C21H18N4O2S/c26-19-16(20(27)25(21(28)24-19)12-6-2-1-3-7-12)18-17-14(10-11-22-18)13-8-4-5-9-15(13)23-17/h1-9,18,22-23,27H,10-11H2,(H,24,26,28). The average Bonchev–Trinajstić information content (AvgIpc) is 3.08. The molecule has 0 bridgehead atoms. The Kier molecular flexibility index (Phi) is 3.92. The first-order valence-corrected chi connectivity index (χ1v) is 9.52. The Morgan fingerprint density at radius 3 is 2.61 bits per heavy atom. The maximum atomic E-state index is 12.8. The number of rotatable bonds is 2. The van der Waals surface area contributed by atoms with Crippen molar-refractivity contribution in [3.63, 3.8) is 0 Å². The fourth-order valence-electron chi connectivity index (χ4n) is 4.04. The van der Waals surface area contributed by atoms with Gasteiger partial charge < -0.3 is 15.4 Å². The summed E-state index contributed by atoms with van der Waals surface area (Å²) in [5.74, 6) is -0.149. The van der Waals surface area contributed by atoms with Crippen molar-refractivity contribution < 1.29 is 5.11 Å². The fraction of sp³-hybridized carbons (Fsp3) is 0.143. The molecular weight excluding hydrogens is 372 g/mol. The van der Waals surface area contributed by atoms with Gasteiger partial charge in [-0.05, 0) is 42.4 Å². The van der Waals surface area contributed by atoms with Crippen LogP contribution in [0.25, 0.3) is 16.6 Å². The van der Waals surface area contributed by atoms with Gasteiger partial charge in [0.2, 0.25) is 5.88 Å². The van der Waals surface area contributed by atoms with Gasteiger partial charge in [0.05, 0.1) is 11.7 Å². The highest BCUT2D eigenvalue weighted by molar-refractivity contribution is 7.71. The summed E-state index contributed by atoms with van der Waals surface area (Å²) in [4.78, 5) is 19.0. The highest BCUT2D eigenvalue weighted by Crippen LogP contribution is 2.35. The molecule has 28 heavy (non-hydrogen) atoms. The van der Waals surface area contributed by atoms with Gasteiger partial charge >= 0.3 is 0 Å². The fourth-order valence-corrected chi connectivity index (χ4v) is 4.33. The van der Waals surface area contributed by atoms with E-state index in [9.17, 15) is 9.90 Å². The van der Waals surface area contributed by atoms with Crippen LogP contribution in [-0.2, 0) is 6.42 Å². The number of aromatic amines is 2. The normalized spacial score (nSPS) is 16.2. The Labute approximate surface area is 165 Å². The maximum absolute atomic E-state index is 12.8. The van der Waals surface area contributed by atoms with Gasteiger partial charge in [-0.25, -0.2) is 0 Å². The lowest BCUT2D eigenvalue weighted by atomic mass is 9.95. The minimum absolute atomic E-state index is 0.149. The summed E-state index contributed by atoms with van der Waals surface area (Å²) in [6.45, 7) is 0.708. The zero-order chi connectivity index (χ0) is 19.3. The van der Waals surface area contributed by atoms with E-state index in [-0.39, 0.29) is 16.2 Å². The first kappa shape index (κ1) is 17.0. The number of nitrogens with one attached hydrogen (secondary N) is 3. The summed E-state index contributed by atoms with van der Waals surface area (Å²) >= 11 is 5.32. The van der Waals surface area contributed by atoms with Crippen LogP contribution < -0.4 is 10.9 Å². The molecule has 4 N–H and O–H groups in total. The van der Waals surface area contributed by atoms with Crippen molar-refractivity contribution in [2.45, 2.75) is 12.5 Å². The van der Waals surface area contributed by atoms with Crippen LogP contribution in [0.3, 0.4) is 0 Å². The van der Waals surface area contributed by atoms with E-state index in [1.54, 1.807) is 0 Å². The quantitative estimate of drug-likeness (QED) is 0.396. The first-order chi connectivity index (χ1) is 13.6. The molecule has 0 saturated heterocycles. The molecule has 4 aromatic rings. The SMILES string of the molecule is O=c1[nH]c(=S)n(-c2ccccc2)c(O)c1C1NCCc2c1[nH]c1ccccc21. The Hall–Kier alpha value is -3.16. The third kappa shape index (κ3) is 2.51. The molecule has 0 amide bonds. The average molecular weight is 390 g/mol. The molecule has 140 valence electrons. The van der Waals surface area contributed by atoms with Crippen molar-refractivity contribution in [2.75, 3.05) is 6.54 Å². The van der Waals surface area contributed by atoms with Gasteiger partial charge in [0.15, 0.2) is 4.77 Å². The van der Waals surface area contributed by atoms with E-state index in [4.69, 9.17) is 12.2 Å². The van der Waals surface area contributed by atoms with E-state index in [0.717, 1.165) is 23.0 Å². The molecule has 3 heterocycles. The zero-order valence-electron chi connectivity index (χ0n) is 14.9. The summed E-state index contributed by atoms with van der Waals surface area (Å²) < 4.78 is 1.65. The summed E-state index contributed by atoms with van der Waals surface area (Å²) in [5.41, 5.74) is 3.66. The minimum atomic E-state index is -0.453. The van der Waals surface area contributed by atoms with Crippen LogP contribution in [0.15, 0.2) is 59.4 Å². The van der Waals surface area contributed by atoms with Gasteiger partial charge in [-0.2, -0.15) is 0 Å². The monoisotopic (exact) mass is 390 g/mol. The molecule has 1 aliphatic heterocycles. The van der Waals surface area contributed by atoms with Crippen LogP contribution in [0.2, 0.25) is 0 Å². The van der Waals surface area contributed by atoms with Gasteiger partial charge in [0.1, 0.15) is 5.56 Å². The van der Waals surface area contributed by atoms with Crippen LogP contribution >= 0.6 is 12.2 Å². The topological polar surface area (TPSA) is 85.8 Å². The van der Waals surface area contributed by atoms with Gasteiger partial charge in [-0.1, -0.05) is 36.4 Å². The second-order valence-electron chi connectivity index (χ2n) is 6.87. The third-order valence-corrected chi connectivity index (χ3v) is 5.57. The lowest BCUT2D eigenvalue weighted by Crippen LogP contribution is -2.35. The van der Waals surface area contributed by atoms with Crippen molar-refractivity contribution in [1.29, 1.82) is 0 Å². The van der Waals surface area contributed by atoms with Crippen molar-refractivity contribution in [2.24, 2.45) is 0 Å². The number of H-pyrrole nitrogens is 2. The summed E-state index contributed by atoms with van der Waals surface area (Å²) in [6, 6.07) is 16.9. The molecule has 2 aromatic carbocycles. The van der Waals surface area contributed by atoms with Crippen LogP contribution in [0, 0.1) is 4.77 Å². The van der Waals surface area contributed by atoms with Gasteiger partial charge in [-0.15, -0.1) is 0 Å². The zero-order valence-corrected chi connectivity index (χ0v) is 15.7. The highest BCUT2D eigenvalue weighted by Gasteiger charge is 2.30. The molecule has 1 aliphatic rings. The number of hydrogen-bond donors (Lipinski definition) is 4. The predicted octanol–water partition coefficient (Wildman–Crippen LogP) is 3.32. The first-order valence-electron chi connectivity index (χ1n) is 9.11. The Morgan fingerprint density at radius 2 is 1.79 bits per heavy atom. The van der Waals surface area contributed by atoms with Crippen molar-refractivity contribution in [1.82, 2.24) is 19.9 Å². The lowest BCUT2D eigenvalue weighted by molar-refractivity contribution is 0.412. The van der Waals surface area contributed by atoms with Gasteiger partial charge in [0.25, 0.3) is 5.56 Å². The summed E-state index contributed by atoms with van der Waals surface area (Å²) in [5, 5.41) is 15.6. The highest BCUT2D eigenvalue weighted by atomic mass is 32.1. The van der Waals surface area contributed by atoms with Gasteiger partial charge in [0, 0.05) is 23.1 Å². The largest absolute Gasteiger partial charge is 0.494 e. The van der Waals surface area contributed by atoms with E-state index in [0.29, 0.717) is 12.2 Å². The molecule has 1 atom stereocenters. The second-order valence-corrected chi connectivity index (χ2v) is 7.25. The molecule has 2 aromatic heterocycles. The van der Waals surface area contributed by atoms with Crippen molar-refractivity contribution in [3.8, 4) is 11.6 Å². The molecule has 0 fully saturated rings. The molecule has 5 rings (SSSR count). The molecular formula is C21H18N4O2S. The summed E-state index contributed by atoms with van der Waals surface area (Å²) in [7, 11) is 0. The molecule has 7 heteroatoms. The Morgan fingerprint density at radius 1 is 1.04 bits per heavy atom. The van der Waals surface area contributed by atoms with Crippen LogP contribution in [0.1, 0.15) is 22.9 Å². The molecule has 1 unspecified atom stereocenters. The van der Waals surface area contributed by atoms with Crippen LogP contribution in [-0.4, -0.2) is 26.2 Å². The number of benzene rings is 2. The minimum Gasteiger partial charge on any atom is -0.494 e. The predicted molar refractivity (Wildman–Crippen MR) is 111 cm³/mol. The molecule has 0 spiro atoms. The number of hydrogen-bond acceptors (Lipinski definition) is 4. The number of para-hydroxylation sites is 2. The smallest absolute Gasteiger partial charge is 0.260 e. The van der Waals surface area contributed by atoms with E-state index >= 15 is 0 Å². The second kappa shape index (κ2) is 6.47. The van der Waals surface area contributed by atoms with E-state index in [2.05, 4.69) is 21.4 Å². The number of fused-ring (bicyclic) bond motifs is 3. The number of aromatic nitrogens is 3. The van der Waals surface area contributed by atoms with E-state index < -0.39 is 11.6 Å². The molecule has 0 saturated carbocycles. The van der Waals surface area contributed by atoms with Gasteiger partial charge in [-0.3, -0.25) is 14.3 Å². The van der Waals surface area contributed by atoms with E-state index in [1.165, 1.54) is 10.1 Å². The number of aromatic hydroxyl groups is 1. The van der Waals surface area contributed by atoms with Crippen molar-refractivity contribution >= 4 is 23.1 Å². The Bertz CT molecular complexity index is 1300. The van der Waals surface area contributed by atoms with Crippen LogP contribution in [0.5, 0.6) is 5.88 Å². The lowest BCUT2D eigenvalue weighted by Gasteiger charge is -2.25.